The van der Waals surface area contributed by atoms with E-state index in [0.29, 0.717) is 13.0 Å². The molecular weight excluding hydrogens is 316 g/mol. The number of carbonyl (C=O) groups is 1. The van der Waals surface area contributed by atoms with E-state index in [1.807, 2.05) is 12.1 Å². The van der Waals surface area contributed by atoms with Crippen LogP contribution < -0.4 is 14.8 Å². The lowest BCUT2D eigenvalue weighted by molar-refractivity contribution is -0.121. The Kier molecular flexibility index (Phi) is 8.06. The van der Waals surface area contributed by atoms with Gasteiger partial charge >= 0.3 is 0 Å². The number of likely N-dealkylation sites (tertiary alicyclic amines) is 1. The monoisotopic (exact) mass is 348 g/mol. The van der Waals surface area contributed by atoms with E-state index in [-0.39, 0.29) is 11.9 Å². The summed E-state index contributed by atoms with van der Waals surface area (Å²) in [5.74, 6) is 1.61. The Morgan fingerprint density at radius 1 is 1.16 bits per heavy atom. The van der Waals surface area contributed by atoms with Gasteiger partial charge in [-0.05, 0) is 50.0 Å². The van der Waals surface area contributed by atoms with E-state index in [4.69, 9.17) is 9.47 Å². The lowest BCUT2D eigenvalue weighted by Gasteiger charge is -2.35. The van der Waals surface area contributed by atoms with Crippen molar-refractivity contribution in [1.82, 2.24) is 10.2 Å². The third-order valence-corrected chi connectivity index (χ3v) is 4.87. The maximum absolute atomic E-state index is 12.1. The maximum Gasteiger partial charge on any atom is 0.220 e. The summed E-state index contributed by atoms with van der Waals surface area (Å²) in [4.78, 5) is 14.5. The molecule has 2 rings (SSSR count). The van der Waals surface area contributed by atoms with E-state index in [0.717, 1.165) is 43.0 Å². The molecule has 5 heteroatoms. The van der Waals surface area contributed by atoms with Crippen molar-refractivity contribution in [2.45, 2.75) is 51.5 Å². The number of rotatable bonds is 9. The molecule has 1 N–H and O–H groups in total. The molecular formula is C20H32N2O3. The third kappa shape index (κ3) is 5.63. The predicted molar refractivity (Wildman–Crippen MR) is 100 cm³/mol. The molecule has 1 aliphatic heterocycles. The van der Waals surface area contributed by atoms with Crippen molar-refractivity contribution in [2.75, 3.05) is 33.9 Å². The van der Waals surface area contributed by atoms with Gasteiger partial charge < -0.3 is 14.8 Å². The van der Waals surface area contributed by atoms with Crippen molar-refractivity contribution >= 4 is 5.91 Å². The second kappa shape index (κ2) is 10.3. The second-order valence-corrected chi connectivity index (χ2v) is 6.63. The van der Waals surface area contributed by atoms with Crippen LogP contribution in [-0.2, 0) is 4.79 Å². The minimum absolute atomic E-state index is 0.143. The number of amides is 1. The number of methoxy groups -OCH3 is 2. The molecule has 0 saturated carbocycles. The fraction of sp³-hybridized carbons (Fsp3) is 0.650. The highest BCUT2D eigenvalue weighted by Gasteiger charge is 2.24. The van der Waals surface area contributed by atoms with Crippen LogP contribution in [0.5, 0.6) is 11.5 Å². The van der Waals surface area contributed by atoms with Gasteiger partial charge in [-0.2, -0.15) is 0 Å². The van der Waals surface area contributed by atoms with Crippen molar-refractivity contribution in [2.24, 2.45) is 0 Å². The molecule has 25 heavy (non-hydrogen) atoms. The normalized spacial score (nSPS) is 16.3. The van der Waals surface area contributed by atoms with Crippen LogP contribution in [0.4, 0.5) is 0 Å². The van der Waals surface area contributed by atoms with E-state index >= 15 is 0 Å². The highest BCUT2D eigenvalue weighted by Crippen LogP contribution is 2.32. The molecule has 1 atom stereocenters. The Balaban J connectivity index is 2.14. The average Bonchev–Trinajstić information content (AvgIpc) is 2.67. The molecule has 0 bridgehead atoms. The molecule has 140 valence electrons. The molecule has 0 spiro atoms. The standard InChI is InChI=1S/C20H32N2O3/c1-4-5-9-20(23)21-15-17(22-12-7-6-8-13-22)16-10-11-18(24-2)19(14-16)25-3/h10-11,14,17H,4-9,12-13,15H2,1-3H3,(H,21,23). The van der Waals surface area contributed by atoms with Crippen LogP contribution in [0.15, 0.2) is 18.2 Å². The zero-order valence-corrected chi connectivity index (χ0v) is 15.8. The molecule has 1 aromatic rings. The zero-order valence-electron chi connectivity index (χ0n) is 15.8. The summed E-state index contributed by atoms with van der Waals surface area (Å²) in [7, 11) is 3.30. The molecule has 1 aliphatic rings. The quantitative estimate of drug-likeness (QED) is 0.742. The number of benzene rings is 1. The summed E-state index contributed by atoms with van der Waals surface area (Å²) in [6.07, 6.45) is 6.31. The SMILES string of the molecule is CCCCC(=O)NCC(c1ccc(OC)c(OC)c1)N1CCCCC1. The van der Waals surface area contributed by atoms with Gasteiger partial charge in [0.2, 0.25) is 5.91 Å². The van der Waals surface area contributed by atoms with E-state index in [2.05, 4.69) is 23.2 Å². The van der Waals surface area contributed by atoms with Crippen LogP contribution >= 0.6 is 0 Å². The van der Waals surface area contributed by atoms with Gasteiger partial charge in [0.1, 0.15) is 0 Å². The lowest BCUT2D eigenvalue weighted by Crippen LogP contribution is -2.40. The zero-order chi connectivity index (χ0) is 18.1. The summed E-state index contributed by atoms with van der Waals surface area (Å²) in [5.41, 5.74) is 1.16. The first kappa shape index (κ1) is 19.6. The average molecular weight is 348 g/mol. The fourth-order valence-electron chi connectivity index (χ4n) is 3.38. The molecule has 1 aromatic carbocycles. The number of hydrogen-bond acceptors (Lipinski definition) is 4. The molecule has 1 heterocycles. The first-order valence-electron chi connectivity index (χ1n) is 9.42. The van der Waals surface area contributed by atoms with E-state index in [9.17, 15) is 4.79 Å². The number of piperidine rings is 1. The van der Waals surface area contributed by atoms with Crippen LogP contribution in [0.1, 0.15) is 57.1 Å². The Hall–Kier alpha value is -1.75. The Labute approximate surface area is 151 Å². The smallest absolute Gasteiger partial charge is 0.220 e. The molecule has 0 aromatic heterocycles. The Bertz CT molecular complexity index is 542. The van der Waals surface area contributed by atoms with Gasteiger partial charge in [0.05, 0.1) is 20.3 Å². The minimum Gasteiger partial charge on any atom is -0.493 e. The number of nitrogens with zero attached hydrogens (tertiary/aromatic N) is 1. The van der Waals surface area contributed by atoms with Gasteiger partial charge in [-0.1, -0.05) is 25.8 Å². The van der Waals surface area contributed by atoms with Crippen molar-refractivity contribution in [3.63, 3.8) is 0 Å². The number of hydrogen-bond donors (Lipinski definition) is 1. The summed E-state index contributed by atoms with van der Waals surface area (Å²) in [6.45, 7) is 4.89. The first-order valence-corrected chi connectivity index (χ1v) is 9.42. The fourth-order valence-corrected chi connectivity index (χ4v) is 3.38. The van der Waals surface area contributed by atoms with Crippen LogP contribution in [0.2, 0.25) is 0 Å². The number of nitrogens with one attached hydrogen (secondary N) is 1. The highest BCUT2D eigenvalue weighted by molar-refractivity contribution is 5.75. The summed E-state index contributed by atoms with van der Waals surface area (Å²) < 4.78 is 10.8. The van der Waals surface area contributed by atoms with Gasteiger partial charge in [-0.3, -0.25) is 9.69 Å². The van der Waals surface area contributed by atoms with Gasteiger partial charge in [-0.15, -0.1) is 0 Å². The molecule has 5 nitrogen and oxygen atoms in total. The largest absolute Gasteiger partial charge is 0.493 e. The Morgan fingerprint density at radius 3 is 2.52 bits per heavy atom. The third-order valence-electron chi connectivity index (χ3n) is 4.87. The molecule has 1 unspecified atom stereocenters. The minimum atomic E-state index is 0.143. The van der Waals surface area contributed by atoms with Gasteiger partial charge in [0, 0.05) is 13.0 Å². The van der Waals surface area contributed by atoms with Crippen LogP contribution in [0, 0.1) is 0 Å². The first-order chi connectivity index (χ1) is 12.2. The number of unbranched alkanes of at least 4 members (excludes halogenated alkanes) is 1. The van der Waals surface area contributed by atoms with Crippen LogP contribution in [-0.4, -0.2) is 44.7 Å². The second-order valence-electron chi connectivity index (χ2n) is 6.63. The van der Waals surface area contributed by atoms with Gasteiger partial charge in [0.15, 0.2) is 11.5 Å². The molecule has 1 amide bonds. The van der Waals surface area contributed by atoms with Crippen LogP contribution in [0.3, 0.4) is 0 Å². The summed E-state index contributed by atoms with van der Waals surface area (Å²) >= 11 is 0. The van der Waals surface area contributed by atoms with Crippen molar-refractivity contribution in [3.05, 3.63) is 23.8 Å². The van der Waals surface area contributed by atoms with Gasteiger partial charge in [0.25, 0.3) is 0 Å². The highest BCUT2D eigenvalue weighted by atomic mass is 16.5. The lowest BCUT2D eigenvalue weighted by atomic mass is 10.0. The van der Waals surface area contributed by atoms with Crippen molar-refractivity contribution < 1.29 is 14.3 Å². The number of carbonyl (C=O) groups excluding carboxylic acids is 1. The van der Waals surface area contributed by atoms with Crippen molar-refractivity contribution in [3.8, 4) is 11.5 Å². The van der Waals surface area contributed by atoms with Crippen LogP contribution in [0.25, 0.3) is 0 Å². The van der Waals surface area contributed by atoms with E-state index < -0.39 is 0 Å². The van der Waals surface area contributed by atoms with Gasteiger partial charge in [-0.25, -0.2) is 0 Å². The number of ether oxygens (including phenoxy) is 2. The van der Waals surface area contributed by atoms with Crippen molar-refractivity contribution in [1.29, 1.82) is 0 Å². The summed E-state index contributed by atoms with van der Waals surface area (Å²) in [6, 6.07) is 6.24. The van der Waals surface area contributed by atoms with E-state index in [1.54, 1.807) is 14.2 Å². The maximum atomic E-state index is 12.1. The van der Waals surface area contributed by atoms with E-state index in [1.165, 1.54) is 19.3 Å². The topological polar surface area (TPSA) is 50.8 Å². The summed E-state index contributed by atoms with van der Waals surface area (Å²) in [5, 5.41) is 3.13. The Morgan fingerprint density at radius 2 is 1.88 bits per heavy atom. The molecule has 0 radical (unpaired) electrons. The molecule has 1 fully saturated rings. The predicted octanol–water partition coefficient (Wildman–Crippen LogP) is 3.54. The molecule has 1 saturated heterocycles. The molecule has 0 aliphatic carbocycles.